The summed E-state index contributed by atoms with van der Waals surface area (Å²) < 4.78 is 1.28. The molecule has 1 aliphatic rings. The molecule has 0 aromatic heterocycles. The van der Waals surface area contributed by atoms with E-state index in [4.69, 9.17) is 0 Å². The minimum absolute atomic E-state index is 0.0176. The van der Waals surface area contributed by atoms with Gasteiger partial charge in [-0.25, -0.2) is 0 Å². The number of amides is 3. The molecule has 18 heavy (non-hydrogen) atoms. The average Bonchev–Trinajstić information content (AvgIpc) is 2.65. The van der Waals surface area contributed by atoms with Gasteiger partial charge in [-0.3, -0.25) is 19.3 Å². The summed E-state index contributed by atoms with van der Waals surface area (Å²) in [7, 11) is 2.20. The van der Waals surface area contributed by atoms with Crippen LogP contribution in [0.3, 0.4) is 0 Å². The van der Waals surface area contributed by atoms with Crippen LogP contribution in [0.15, 0.2) is 12.2 Å². The van der Waals surface area contributed by atoms with Crippen LogP contribution in [0.2, 0.25) is 0 Å². The smallest absolute Gasteiger partial charge is 0.253 e. The van der Waals surface area contributed by atoms with Crippen LogP contribution >= 0.6 is 22.0 Å². The second-order valence-electron chi connectivity index (χ2n) is 3.66. The van der Waals surface area contributed by atoms with Crippen molar-refractivity contribution < 1.29 is 19.2 Å². The van der Waals surface area contributed by atoms with Gasteiger partial charge in [0.15, 0.2) is 0 Å². The van der Waals surface area contributed by atoms with Crippen LogP contribution < -0.4 is 0 Å². The third kappa shape index (κ3) is 3.92. The molecule has 1 heterocycles. The van der Waals surface area contributed by atoms with Crippen LogP contribution in [0, 0.1) is 0 Å². The van der Waals surface area contributed by atoms with Gasteiger partial charge < -0.3 is 9.46 Å². The highest BCUT2D eigenvalue weighted by atomic mass is 32.1. The topological polar surface area (TPSA) is 74.8 Å². The lowest BCUT2D eigenvalue weighted by Gasteiger charge is -2.21. The molecule has 0 aromatic rings. The van der Waals surface area contributed by atoms with Gasteiger partial charge in [0.05, 0.1) is 5.25 Å². The van der Waals surface area contributed by atoms with Crippen LogP contribution in [0.1, 0.15) is 6.42 Å². The minimum Gasteiger partial charge on any atom is -0.326 e. The van der Waals surface area contributed by atoms with Gasteiger partial charge in [-0.05, 0) is 9.39 Å². The van der Waals surface area contributed by atoms with Crippen molar-refractivity contribution in [1.82, 2.24) is 9.57 Å². The van der Waals surface area contributed by atoms with E-state index in [0.29, 0.717) is 6.29 Å². The molecule has 3 amide bonds. The van der Waals surface area contributed by atoms with Crippen LogP contribution in [-0.4, -0.2) is 51.9 Å². The van der Waals surface area contributed by atoms with E-state index < -0.39 is 5.25 Å². The van der Waals surface area contributed by atoms with Crippen LogP contribution in [0.25, 0.3) is 0 Å². The zero-order chi connectivity index (χ0) is 13.7. The minimum atomic E-state index is -0.641. The van der Waals surface area contributed by atoms with E-state index >= 15 is 0 Å². The van der Waals surface area contributed by atoms with Crippen molar-refractivity contribution in [3.05, 3.63) is 12.2 Å². The number of aldehydes is 1. The third-order valence-electron chi connectivity index (χ3n) is 2.33. The van der Waals surface area contributed by atoms with Crippen molar-refractivity contribution in [3.8, 4) is 0 Å². The number of imide groups is 1. The van der Waals surface area contributed by atoms with Crippen LogP contribution in [0.5, 0.6) is 0 Å². The largest absolute Gasteiger partial charge is 0.326 e. The molecule has 0 spiro atoms. The number of carbonyl (C=O) groups is 4. The summed E-state index contributed by atoms with van der Waals surface area (Å²) in [5, 5.41) is -0.641. The summed E-state index contributed by atoms with van der Waals surface area (Å²) in [6.45, 7) is 0.320. The van der Waals surface area contributed by atoms with E-state index in [1.165, 1.54) is 16.8 Å². The van der Waals surface area contributed by atoms with Crippen molar-refractivity contribution >= 4 is 46.0 Å². The number of carbonyl (C=O) groups excluding carboxylic acids is 4. The van der Waals surface area contributed by atoms with E-state index in [-0.39, 0.29) is 37.2 Å². The molecule has 0 aromatic carbocycles. The molecule has 0 bridgehead atoms. The molecular formula is C10H13N2O4PS. The van der Waals surface area contributed by atoms with Gasteiger partial charge in [-0.2, -0.15) is 12.6 Å². The highest BCUT2D eigenvalue weighted by Crippen LogP contribution is 2.09. The zero-order valence-corrected chi connectivity index (χ0v) is 11.5. The first kappa shape index (κ1) is 14.9. The summed E-state index contributed by atoms with van der Waals surface area (Å²) in [5.74, 6) is -1.06. The molecule has 98 valence electrons. The van der Waals surface area contributed by atoms with Gasteiger partial charge in [0.25, 0.3) is 11.8 Å². The van der Waals surface area contributed by atoms with Crippen LogP contribution in [-0.2, 0) is 19.2 Å². The molecule has 0 radical (unpaired) electrons. The number of hydrogen-bond acceptors (Lipinski definition) is 5. The summed E-state index contributed by atoms with van der Waals surface area (Å²) in [4.78, 5) is 45.5. The Hall–Kier alpha value is -1.20. The summed E-state index contributed by atoms with van der Waals surface area (Å²) in [5.41, 5.74) is 0. The Morgan fingerprint density at radius 3 is 2.50 bits per heavy atom. The first-order valence-electron chi connectivity index (χ1n) is 5.17. The molecule has 8 heteroatoms. The molecular weight excluding hydrogens is 275 g/mol. The van der Waals surface area contributed by atoms with Gasteiger partial charge >= 0.3 is 0 Å². The summed E-state index contributed by atoms with van der Waals surface area (Å²) in [6.07, 6.45) is 2.94. The van der Waals surface area contributed by atoms with E-state index in [0.717, 1.165) is 4.90 Å². The zero-order valence-electron chi connectivity index (χ0n) is 9.48. The van der Waals surface area contributed by atoms with Gasteiger partial charge in [-0.15, -0.1) is 0 Å². The number of nitrogens with zero attached hydrogens (tertiary/aromatic N) is 2. The molecule has 1 aliphatic heterocycles. The normalized spacial score (nSPS) is 16.0. The lowest BCUT2D eigenvalue weighted by Crippen LogP contribution is -2.37. The highest BCUT2D eigenvalue weighted by molar-refractivity contribution is 7.81. The predicted octanol–water partition coefficient (Wildman–Crippen LogP) is -0.583. The second kappa shape index (κ2) is 6.66. The van der Waals surface area contributed by atoms with E-state index in [9.17, 15) is 19.2 Å². The van der Waals surface area contributed by atoms with Crippen molar-refractivity contribution in [1.29, 1.82) is 0 Å². The molecule has 0 N–H and O–H groups in total. The van der Waals surface area contributed by atoms with Crippen molar-refractivity contribution in [2.24, 2.45) is 0 Å². The van der Waals surface area contributed by atoms with Gasteiger partial charge in [-0.1, -0.05) is 0 Å². The monoisotopic (exact) mass is 288 g/mol. The number of hydrogen-bond donors (Lipinski definition) is 1. The third-order valence-corrected chi connectivity index (χ3v) is 3.18. The van der Waals surface area contributed by atoms with Crippen molar-refractivity contribution in [2.45, 2.75) is 11.7 Å². The quantitative estimate of drug-likeness (QED) is 0.307. The highest BCUT2D eigenvalue weighted by Gasteiger charge is 2.24. The molecule has 6 nitrogen and oxygen atoms in total. The second-order valence-corrected chi connectivity index (χ2v) is 4.94. The average molecular weight is 288 g/mol. The van der Waals surface area contributed by atoms with Gasteiger partial charge in [0.1, 0.15) is 6.29 Å². The predicted molar refractivity (Wildman–Crippen MR) is 70.7 cm³/mol. The summed E-state index contributed by atoms with van der Waals surface area (Å²) in [6, 6.07) is 0. The maximum atomic E-state index is 11.6. The molecule has 0 fully saturated rings. The molecule has 2 unspecified atom stereocenters. The Balaban J connectivity index is 2.39. The van der Waals surface area contributed by atoms with E-state index in [2.05, 4.69) is 22.0 Å². The fourth-order valence-electron chi connectivity index (χ4n) is 1.33. The SMILES string of the molecule is O=CC(S)CC(=O)N(P)CCN1C(=O)C=CC1=O. The van der Waals surface area contributed by atoms with E-state index in [1.54, 1.807) is 0 Å². The van der Waals surface area contributed by atoms with Gasteiger partial charge in [0.2, 0.25) is 5.91 Å². The number of thiol groups is 1. The lowest BCUT2D eigenvalue weighted by molar-refractivity contribution is -0.138. The molecule has 0 aliphatic carbocycles. The molecule has 0 saturated heterocycles. The fourth-order valence-corrected chi connectivity index (χ4v) is 1.71. The molecule has 2 atom stereocenters. The Morgan fingerprint density at radius 2 is 2.00 bits per heavy atom. The Bertz CT molecular complexity index is 395. The fraction of sp³-hybridized carbons (Fsp3) is 0.400. The van der Waals surface area contributed by atoms with Crippen LogP contribution in [0.4, 0.5) is 0 Å². The first-order valence-corrected chi connectivity index (χ1v) is 6.21. The van der Waals surface area contributed by atoms with Crippen molar-refractivity contribution in [3.63, 3.8) is 0 Å². The summed E-state index contributed by atoms with van der Waals surface area (Å²) >= 11 is 3.89. The maximum Gasteiger partial charge on any atom is 0.253 e. The number of rotatable bonds is 6. The lowest BCUT2D eigenvalue weighted by atomic mass is 10.3. The molecule has 1 rings (SSSR count). The maximum absolute atomic E-state index is 11.6. The Morgan fingerprint density at radius 1 is 1.44 bits per heavy atom. The Kier molecular flexibility index (Phi) is 5.50. The van der Waals surface area contributed by atoms with Crippen molar-refractivity contribution in [2.75, 3.05) is 13.1 Å². The van der Waals surface area contributed by atoms with Gasteiger partial charge in [0, 0.05) is 31.7 Å². The van der Waals surface area contributed by atoms with E-state index in [1.807, 2.05) is 0 Å². The Labute approximate surface area is 112 Å². The first-order chi connectivity index (χ1) is 8.45. The standard InChI is InChI=1S/C10H13N2O4PS/c13-6-7(18)5-10(16)12(17)4-3-11-8(14)1-2-9(11)15/h1-2,6-7,18H,3-5,17H2. The molecule has 0 saturated carbocycles.